The summed E-state index contributed by atoms with van der Waals surface area (Å²) in [5.74, 6) is -4.93. The van der Waals surface area contributed by atoms with Gasteiger partial charge in [0.1, 0.15) is 0 Å². The van der Waals surface area contributed by atoms with Gasteiger partial charge in [-0.2, -0.15) is 0 Å². The Morgan fingerprint density at radius 2 is 0.591 bits per heavy atom. The molecule has 0 aliphatic rings. The van der Waals surface area contributed by atoms with Gasteiger partial charge in [0.05, 0.1) is 23.9 Å². The number of hydrogen-bond acceptors (Lipinski definition) is 8. The molecule has 22 heavy (non-hydrogen) atoms. The molecule has 0 fully saturated rings. The number of carbonyl (C=O) groups is 4. The Kier molecular flexibility index (Phi) is 52.4. The summed E-state index contributed by atoms with van der Waals surface area (Å²) in [6.07, 6.45) is 2.89. The van der Waals surface area contributed by atoms with Crippen LogP contribution in [0.15, 0.2) is 50.6 Å². The van der Waals surface area contributed by atoms with Crippen molar-refractivity contribution >= 4 is 23.9 Å². The van der Waals surface area contributed by atoms with Gasteiger partial charge in [0, 0.05) is 0 Å². The number of rotatable bonds is 4. The van der Waals surface area contributed by atoms with Crippen molar-refractivity contribution in [3.8, 4) is 0 Å². The van der Waals surface area contributed by atoms with E-state index in [1.165, 1.54) is 0 Å². The van der Waals surface area contributed by atoms with Gasteiger partial charge in [0.25, 0.3) is 0 Å². The molecule has 0 amide bonds. The molecule has 0 aromatic heterocycles. The fourth-order valence-electron chi connectivity index (χ4n) is 0. The maximum atomic E-state index is 9.14. The third-order valence-corrected chi connectivity index (χ3v) is 0.667. The Bertz CT molecular complexity index is 307. The van der Waals surface area contributed by atoms with Crippen molar-refractivity contribution in [2.75, 3.05) is 0 Å². The summed E-state index contributed by atoms with van der Waals surface area (Å²) in [5, 5.41) is 36.6. The van der Waals surface area contributed by atoms with Crippen molar-refractivity contribution in [2.24, 2.45) is 0 Å². The fourth-order valence-corrected chi connectivity index (χ4v) is 0. The van der Waals surface area contributed by atoms with Crippen LogP contribution in [0.3, 0.4) is 0 Å². The Morgan fingerprint density at radius 1 is 0.545 bits per heavy atom. The van der Waals surface area contributed by atoms with Gasteiger partial charge in [-0.1, -0.05) is 26.3 Å². The first-order valence-electron chi connectivity index (χ1n) is 4.42. The van der Waals surface area contributed by atoms with Crippen LogP contribution in [0.1, 0.15) is 0 Å². The van der Waals surface area contributed by atoms with Crippen LogP contribution in [0.4, 0.5) is 0 Å². The predicted octanol–water partition coefficient (Wildman–Crippen LogP) is -4.32. The molecule has 0 saturated carbocycles. The number of carboxylic acid groups (broad SMARTS) is 4. The van der Waals surface area contributed by atoms with Gasteiger partial charge >= 0.3 is 34.1 Å². The molecule has 0 N–H and O–H groups in total. The van der Waals surface area contributed by atoms with Gasteiger partial charge in [-0.25, -0.2) is 0 Å². The molecular formula is C12H12CuFeO8. The smallest absolute Gasteiger partial charge is 0.545 e. The van der Waals surface area contributed by atoms with E-state index in [-0.39, 0.29) is 34.1 Å². The van der Waals surface area contributed by atoms with Crippen molar-refractivity contribution < 1.29 is 73.7 Å². The topological polar surface area (TPSA) is 161 Å². The molecule has 0 aromatic rings. The Morgan fingerprint density at radius 3 is 0.591 bits per heavy atom. The van der Waals surface area contributed by atoms with E-state index < -0.39 is 23.9 Å². The first kappa shape index (κ1) is 36.8. The van der Waals surface area contributed by atoms with E-state index in [0.717, 1.165) is 24.3 Å². The molecular weight excluding hydrogens is 392 g/mol. The third kappa shape index (κ3) is 147. The quantitative estimate of drug-likeness (QED) is 0.336. The van der Waals surface area contributed by atoms with E-state index in [0.29, 0.717) is 0 Å². The summed E-state index contributed by atoms with van der Waals surface area (Å²) in [7, 11) is 0. The molecule has 0 aliphatic heterocycles. The van der Waals surface area contributed by atoms with E-state index in [4.69, 9.17) is 39.6 Å². The van der Waals surface area contributed by atoms with Crippen LogP contribution in [0, 0.1) is 0 Å². The van der Waals surface area contributed by atoms with E-state index in [9.17, 15) is 0 Å². The maximum Gasteiger partial charge on any atom is 2.00 e. The molecule has 8 nitrogen and oxygen atoms in total. The van der Waals surface area contributed by atoms with Crippen LogP contribution in [-0.4, -0.2) is 23.9 Å². The summed E-state index contributed by atoms with van der Waals surface area (Å²) >= 11 is 0. The molecule has 0 saturated heterocycles. The molecule has 10 heteroatoms. The Hall–Kier alpha value is -2.12. The zero-order chi connectivity index (χ0) is 17.1. The Balaban J connectivity index is -0.0000000376. The minimum Gasteiger partial charge on any atom is -0.545 e. The van der Waals surface area contributed by atoms with Crippen LogP contribution in [0.25, 0.3) is 0 Å². The average molecular weight is 404 g/mol. The van der Waals surface area contributed by atoms with E-state index in [1.807, 2.05) is 0 Å². The molecule has 0 heterocycles. The van der Waals surface area contributed by atoms with Crippen LogP contribution >= 0.6 is 0 Å². The van der Waals surface area contributed by atoms with Crippen molar-refractivity contribution in [1.29, 1.82) is 0 Å². The second kappa shape index (κ2) is 31.3. The van der Waals surface area contributed by atoms with Gasteiger partial charge < -0.3 is 39.6 Å². The van der Waals surface area contributed by atoms with Crippen molar-refractivity contribution in [1.82, 2.24) is 0 Å². The molecule has 0 bridgehead atoms. The molecule has 0 unspecified atom stereocenters. The standard InChI is InChI=1S/4C3H4O2.Cu.Fe/c4*1-2-3(4)5;;/h4*2H,1H2,(H,4,5);;/q;;;;2*+2/p-4. The van der Waals surface area contributed by atoms with Gasteiger partial charge in [-0.3, -0.25) is 0 Å². The van der Waals surface area contributed by atoms with E-state index in [1.54, 1.807) is 0 Å². The van der Waals surface area contributed by atoms with E-state index in [2.05, 4.69) is 26.3 Å². The average Bonchev–Trinajstić information content (AvgIpc) is 2.40. The number of carbonyl (C=O) groups excluding carboxylic acids is 4. The molecule has 1 radical (unpaired) electrons. The number of carboxylic acids is 4. The van der Waals surface area contributed by atoms with Gasteiger partial charge in [-0.15, -0.1) is 0 Å². The van der Waals surface area contributed by atoms with Crippen molar-refractivity contribution in [2.45, 2.75) is 0 Å². The fraction of sp³-hybridized carbons (Fsp3) is 0. The number of hydrogen-bond donors (Lipinski definition) is 0. The summed E-state index contributed by atoms with van der Waals surface area (Å²) in [5.41, 5.74) is 0. The first-order chi connectivity index (χ1) is 9.08. The van der Waals surface area contributed by atoms with E-state index >= 15 is 0 Å². The molecule has 127 valence electrons. The molecule has 0 atom stereocenters. The SMILES string of the molecule is C=CC(=O)[O-].C=CC(=O)[O-].C=CC(=O)[O-].C=CC(=O)[O-].[Cu+2].[Fe+2]. The zero-order valence-electron chi connectivity index (χ0n) is 11.1. The largest absolute Gasteiger partial charge is 2.00 e. The predicted molar refractivity (Wildman–Crippen MR) is 60.8 cm³/mol. The maximum absolute atomic E-state index is 9.14. The summed E-state index contributed by atoms with van der Waals surface area (Å²) in [6.45, 7) is 11.6. The zero-order valence-corrected chi connectivity index (χ0v) is 13.1. The van der Waals surface area contributed by atoms with Crippen LogP contribution in [-0.2, 0) is 53.3 Å². The molecule has 0 aromatic carbocycles. The summed E-state index contributed by atoms with van der Waals surface area (Å²) in [4.78, 5) is 36.6. The normalized spacial score (nSPS) is 5.82. The second-order valence-electron chi connectivity index (χ2n) is 2.09. The molecule has 0 spiro atoms. The minimum absolute atomic E-state index is 0. The van der Waals surface area contributed by atoms with Gasteiger partial charge in [0.15, 0.2) is 0 Å². The monoisotopic (exact) mass is 403 g/mol. The number of aliphatic carboxylic acids is 4. The van der Waals surface area contributed by atoms with Crippen molar-refractivity contribution in [3.05, 3.63) is 50.6 Å². The van der Waals surface area contributed by atoms with Gasteiger partial charge in [-0.05, 0) is 24.3 Å². The summed E-state index contributed by atoms with van der Waals surface area (Å²) < 4.78 is 0. The van der Waals surface area contributed by atoms with Crippen LogP contribution in [0.2, 0.25) is 0 Å². The van der Waals surface area contributed by atoms with Crippen LogP contribution < -0.4 is 20.4 Å². The summed E-state index contributed by atoms with van der Waals surface area (Å²) in [6, 6.07) is 0. The minimum atomic E-state index is -1.23. The van der Waals surface area contributed by atoms with Gasteiger partial charge in [0.2, 0.25) is 0 Å². The first-order valence-corrected chi connectivity index (χ1v) is 4.42. The Labute approximate surface area is 148 Å². The van der Waals surface area contributed by atoms with Crippen molar-refractivity contribution in [3.63, 3.8) is 0 Å². The molecule has 0 aliphatic carbocycles. The van der Waals surface area contributed by atoms with Crippen LogP contribution in [0.5, 0.6) is 0 Å². The second-order valence-corrected chi connectivity index (χ2v) is 2.09. The molecule has 0 rings (SSSR count). The third-order valence-electron chi connectivity index (χ3n) is 0.667.